The standard InChI is InChI=1S/C20H32N4O2/c1-2-8-18(21)20(26)23-17-11-9-16(10-12-17)22-19(25)15-24-13-6-4-3-5-7-14-24/h9-12,18H,2-8,13-15,21H2,1H3,(H,22,25)(H,23,26). The Labute approximate surface area is 156 Å². The van der Waals surface area contributed by atoms with E-state index in [2.05, 4.69) is 15.5 Å². The van der Waals surface area contributed by atoms with Crippen molar-refractivity contribution in [3.63, 3.8) is 0 Å². The van der Waals surface area contributed by atoms with Crippen LogP contribution in [0, 0.1) is 0 Å². The van der Waals surface area contributed by atoms with Gasteiger partial charge in [0, 0.05) is 11.4 Å². The third-order valence-electron chi connectivity index (χ3n) is 4.69. The highest BCUT2D eigenvalue weighted by molar-refractivity contribution is 5.95. The van der Waals surface area contributed by atoms with Crippen molar-refractivity contribution in [1.82, 2.24) is 4.90 Å². The molecule has 1 unspecified atom stereocenters. The van der Waals surface area contributed by atoms with Gasteiger partial charge in [0.1, 0.15) is 0 Å². The second-order valence-corrected chi connectivity index (χ2v) is 7.05. The van der Waals surface area contributed by atoms with Crippen LogP contribution in [0.15, 0.2) is 24.3 Å². The van der Waals surface area contributed by atoms with Gasteiger partial charge in [-0.3, -0.25) is 14.5 Å². The fourth-order valence-corrected chi connectivity index (χ4v) is 3.19. The molecule has 1 heterocycles. The minimum atomic E-state index is -0.489. The third kappa shape index (κ3) is 7.14. The molecule has 0 spiro atoms. The highest BCUT2D eigenvalue weighted by Gasteiger charge is 2.14. The highest BCUT2D eigenvalue weighted by atomic mass is 16.2. The second kappa shape index (κ2) is 10.9. The van der Waals surface area contributed by atoms with Crippen LogP contribution in [-0.2, 0) is 9.59 Å². The normalized spacial score (nSPS) is 17.0. The largest absolute Gasteiger partial charge is 0.325 e. The number of hydrogen-bond acceptors (Lipinski definition) is 4. The van der Waals surface area contributed by atoms with Gasteiger partial charge in [-0.05, 0) is 56.6 Å². The molecule has 2 rings (SSSR count). The van der Waals surface area contributed by atoms with Crippen LogP contribution >= 0.6 is 0 Å². The van der Waals surface area contributed by atoms with Crippen molar-refractivity contribution < 1.29 is 9.59 Å². The summed E-state index contributed by atoms with van der Waals surface area (Å²) in [7, 11) is 0. The summed E-state index contributed by atoms with van der Waals surface area (Å²) in [6.45, 7) is 4.43. The van der Waals surface area contributed by atoms with Gasteiger partial charge in [0.15, 0.2) is 0 Å². The quantitative estimate of drug-likeness (QED) is 0.698. The summed E-state index contributed by atoms with van der Waals surface area (Å²) in [6, 6.07) is 6.67. The molecule has 4 N–H and O–H groups in total. The van der Waals surface area contributed by atoms with Gasteiger partial charge >= 0.3 is 0 Å². The van der Waals surface area contributed by atoms with Crippen LogP contribution < -0.4 is 16.4 Å². The molecule has 1 aromatic carbocycles. The van der Waals surface area contributed by atoms with Gasteiger partial charge in [-0.15, -0.1) is 0 Å². The van der Waals surface area contributed by atoms with E-state index in [9.17, 15) is 9.59 Å². The number of carbonyl (C=O) groups is 2. The SMILES string of the molecule is CCCC(N)C(=O)Nc1ccc(NC(=O)CN2CCCCCCC2)cc1. The number of anilines is 2. The molecule has 0 saturated carbocycles. The van der Waals surface area contributed by atoms with Crippen LogP contribution in [0.1, 0.15) is 51.9 Å². The van der Waals surface area contributed by atoms with E-state index in [1.54, 1.807) is 24.3 Å². The molecule has 144 valence electrons. The Morgan fingerprint density at radius 3 is 2.12 bits per heavy atom. The Balaban J connectivity index is 1.80. The summed E-state index contributed by atoms with van der Waals surface area (Å²) in [5, 5.41) is 5.73. The molecule has 0 radical (unpaired) electrons. The average Bonchev–Trinajstić information content (AvgIpc) is 2.59. The summed E-state index contributed by atoms with van der Waals surface area (Å²) in [5.41, 5.74) is 7.23. The molecule has 0 bridgehead atoms. The van der Waals surface area contributed by atoms with Gasteiger partial charge < -0.3 is 16.4 Å². The predicted molar refractivity (Wildman–Crippen MR) is 106 cm³/mol. The number of benzene rings is 1. The maximum Gasteiger partial charge on any atom is 0.241 e. The van der Waals surface area contributed by atoms with E-state index in [4.69, 9.17) is 5.73 Å². The monoisotopic (exact) mass is 360 g/mol. The van der Waals surface area contributed by atoms with E-state index < -0.39 is 6.04 Å². The fourth-order valence-electron chi connectivity index (χ4n) is 3.19. The molecule has 1 aromatic rings. The molecule has 2 amide bonds. The Bertz CT molecular complexity index is 566. The lowest BCUT2D eigenvalue weighted by atomic mass is 10.1. The van der Waals surface area contributed by atoms with Crippen molar-refractivity contribution in [3.8, 4) is 0 Å². The Morgan fingerprint density at radius 1 is 1.00 bits per heavy atom. The van der Waals surface area contributed by atoms with Gasteiger partial charge in [-0.2, -0.15) is 0 Å². The maximum atomic E-state index is 12.3. The van der Waals surface area contributed by atoms with E-state index in [1.165, 1.54) is 32.1 Å². The summed E-state index contributed by atoms with van der Waals surface area (Å²) >= 11 is 0. The number of nitrogens with zero attached hydrogens (tertiary/aromatic N) is 1. The zero-order valence-electron chi connectivity index (χ0n) is 15.8. The van der Waals surface area contributed by atoms with Crippen LogP contribution in [0.4, 0.5) is 11.4 Å². The Kier molecular flexibility index (Phi) is 8.58. The maximum absolute atomic E-state index is 12.3. The first-order chi connectivity index (χ1) is 12.6. The highest BCUT2D eigenvalue weighted by Crippen LogP contribution is 2.15. The minimum absolute atomic E-state index is 0.00678. The second-order valence-electron chi connectivity index (χ2n) is 7.05. The molecule has 6 nitrogen and oxygen atoms in total. The summed E-state index contributed by atoms with van der Waals surface area (Å²) in [6.07, 6.45) is 7.70. The van der Waals surface area contributed by atoms with Crippen molar-refractivity contribution in [1.29, 1.82) is 0 Å². The number of likely N-dealkylation sites (tertiary alicyclic amines) is 1. The summed E-state index contributed by atoms with van der Waals surface area (Å²) in [4.78, 5) is 26.4. The van der Waals surface area contributed by atoms with Gasteiger partial charge in [-0.1, -0.05) is 32.6 Å². The zero-order valence-corrected chi connectivity index (χ0v) is 15.8. The van der Waals surface area contributed by atoms with E-state index in [-0.39, 0.29) is 11.8 Å². The number of rotatable bonds is 7. The van der Waals surface area contributed by atoms with Gasteiger partial charge in [0.2, 0.25) is 11.8 Å². The van der Waals surface area contributed by atoms with E-state index in [1.807, 2.05) is 6.92 Å². The molecule has 0 aliphatic carbocycles. The fraction of sp³-hybridized carbons (Fsp3) is 0.600. The first kappa shape index (κ1) is 20.4. The third-order valence-corrected chi connectivity index (χ3v) is 4.69. The molecule has 1 fully saturated rings. The molecule has 1 saturated heterocycles. The molecular weight excluding hydrogens is 328 g/mol. The molecule has 1 aliphatic heterocycles. The molecule has 26 heavy (non-hydrogen) atoms. The molecule has 1 aliphatic rings. The average molecular weight is 361 g/mol. The predicted octanol–water partition coefficient (Wildman–Crippen LogP) is 2.96. The lowest BCUT2D eigenvalue weighted by Crippen LogP contribution is -2.35. The molecule has 0 aromatic heterocycles. The van der Waals surface area contributed by atoms with Crippen molar-refractivity contribution in [2.45, 2.75) is 57.9 Å². The number of hydrogen-bond donors (Lipinski definition) is 3. The Hall–Kier alpha value is -1.92. The van der Waals surface area contributed by atoms with Crippen molar-refractivity contribution >= 4 is 23.2 Å². The van der Waals surface area contributed by atoms with Crippen molar-refractivity contribution in [2.75, 3.05) is 30.3 Å². The topological polar surface area (TPSA) is 87.5 Å². The first-order valence-corrected chi connectivity index (χ1v) is 9.77. The van der Waals surface area contributed by atoms with Gasteiger partial charge in [0.05, 0.1) is 12.6 Å². The van der Waals surface area contributed by atoms with E-state index in [0.29, 0.717) is 18.7 Å². The number of nitrogens with one attached hydrogen (secondary N) is 2. The van der Waals surface area contributed by atoms with E-state index >= 15 is 0 Å². The summed E-state index contributed by atoms with van der Waals surface area (Å²) < 4.78 is 0. The van der Waals surface area contributed by atoms with Gasteiger partial charge in [0.25, 0.3) is 0 Å². The minimum Gasteiger partial charge on any atom is -0.325 e. The van der Waals surface area contributed by atoms with Crippen LogP contribution in [0.3, 0.4) is 0 Å². The Morgan fingerprint density at radius 2 is 1.54 bits per heavy atom. The van der Waals surface area contributed by atoms with Crippen molar-refractivity contribution in [3.05, 3.63) is 24.3 Å². The van der Waals surface area contributed by atoms with E-state index in [0.717, 1.165) is 25.2 Å². The first-order valence-electron chi connectivity index (χ1n) is 9.77. The van der Waals surface area contributed by atoms with Gasteiger partial charge in [-0.25, -0.2) is 0 Å². The summed E-state index contributed by atoms with van der Waals surface area (Å²) in [5.74, 6) is -0.173. The number of carbonyl (C=O) groups excluding carboxylic acids is 2. The zero-order chi connectivity index (χ0) is 18.8. The van der Waals surface area contributed by atoms with Crippen LogP contribution in [-0.4, -0.2) is 42.4 Å². The molecular formula is C20H32N4O2. The lowest BCUT2D eigenvalue weighted by molar-refractivity contribution is -0.118. The van der Waals surface area contributed by atoms with Crippen LogP contribution in [0.2, 0.25) is 0 Å². The molecule has 1 atom stereocenters. The number of nitrogens with two attached hydrogens (primary N) is 1. The number of amides is 2. The molecule has 6 heteroatoms. The van der Waals surface area contributed by atoms with Crippen molar-refractivity contribution in [2.24, 2.45) is 5.73 Å². The lowest BCUT2D eigenvalue weighted by Gasteiger charge is -2.23. The van der Waals surface area contributed by atoms with Crippen LogP contribution in [0.25, 0.3) is 0 Å². The smallest absolute Gasteiger partial charge is 0.241 e. The van der Waals surface area contributed by atoms with Crippen LogP contribution in [0.5, 0.6) is 0 Å².